The van der Waals surface area contributed by atoms with Crippen LogP contribution in [0.3, 0.4) is 0 Å². The van der Waals surface area contributed by atoms with Crippen LogP contribution in [0.2, 0.25) is 0 Å². The number of hydrogen-bond donors (Lipinski definition) is 0. The van der Waals surface area contributed by atoms with Crippen LogP contribution in [-0.4, -0.2) is 14.2 Å². The lowest BCUT2D eigenvalue weighted by atomic mass is 10.0. The van der Waals surface area contributed by atoms with E-state index in [9.17, 15) is 9.18 Å². The lowest BCUT2D eigenvalue weighted by Crippen LogP contribution is -2.08. The molecule has 0 radical (unpaired) electrons. The second kappa shape index (κ2) is 8.52. The molecule has 1 aromatic heterocycles. The minimum Gasteiger partial charge on any atom is -0.493 e. The van der Waals surface area contributed by atoms with E-state index in [0.717, 1.165) is 0 Å². The van der Waals surface area contributed by atoms with Gasteiger partial charge in [-0.3, -0.25) is 4.79 Å². The number of methoxy groups -OCH3 is 2. The van der Waals surface area contributed by atoms with E-state index < -0.39 is 0 Å². The van der Waals surface area contributed by atoms with Crippen molar-refractivity contribution in [2.24, 2.45) is 0 Å². The molecule has 0 bridgehead atoms. The van der Waals surface area contributed by atoms with Crippen molar-refractivity contribution < 1.29 is 23.0 Å². The van der Waals surface area contributed by atoms with Gasteiger partial charge in [-0.1, -0.05) is 18.2 Å². The molecule has 0 amide bonds. The average Bonchev–Trinajstić information content (AvgIpc) is 2.77. The molecule has 6 heteroatoms. The zero-order valence-electron chi connectivity index (χ0n) is 17.4. The van der Waals surface area contributed by atoms with Crippen LogP contribution in [0.4, 0.5) is 4.39 Å². The molecule has 0 saturated heterocycles. The molecule has 5 nitrogen and oxygen atoms in total. The molecule has 3 aromatic carbocycles. The van der Waals surface area contributed by atoms with Crippen LogP contribution >= 0.6 is 0 Å². The van der Waals surface area contributed by atoms with E-state index in [2.05, 4.69) is 0 Å². The van der Waals surface area contributed by atoms with Gasteiger partial charge in [0.1, 0.15) is 29.5 Å². The smallest absolute Gasteiger partial charge is 0.200 e. The van der Waals surface area contributed by atoms with Gasteiger partial charge in [-0.25, -0.2) is 4.39 Å². The van der Waals surface area contributed by atoms with Crippen molar-refractivity contribution in [2.45, 2.75) is 13.5 Å². The first-order valence-electron chi connectivity index (χ1n) is 9.67. The van der Waals surface area contributed by atoms with Crippen molar-refractivity contribution in [1.29, 1.82) is 0 Å². The average molecular weight is 420 g/mol. The largest absolute Gasteiger partial charge is 0.493 e. The number of ether oxygens (including phenoxy) is 3. The minimum atomic E-state index is -0.316. The molecule has 158 valence electrons. The Morgan fingerprint density at radius 1 is 0.935 bits per heavy atom. The predicted molar refractivity (Wildman–Crippen MR) is 116 cm³/mol. The predicted octanol–water partition coefficient (Wildman–Crippen LogP) is 5.50. The van der Waals surface area contributed by atoms with Crippen LogP contribution < -0.4 is 19.6 Å². The molecule has 0 fully saturated rings. The van der Waals surface area contributed by atoms with Crippen molar-refractivity contribution in [1.82, 2.24) is 0 Å². The Labute approximate surface area is 178 Å². The van der Waals surface area contributed by atoms with Crippen molar-refractivity contribution in [2.75, 3.05) is 14.2 Å². The normalized spacial score (nSPS) is 10.8. The highest BCUT2D eigenvalue weighted by Crippen LogP contribution is 2.33. The summed E-state index contributed by atoms with van der Waals surface area (Å²) >= 11 is 0. The van der Waals surface area contributed by atoms with E-state index in [1.54, 1.807) is 69.7 Å². The summed E-state index contributed by atoms with van der Waals surface area (Å²) in [5.41, 5.74) is 2.12. The Hall–Kier alpha value is -3.80. The first kappa shape index (κ1) is 20.5. The van der Waals surface area contributed by atoms with E-state index in [4.69, 9.17) is 18.6 Å². The first-order valence-corrected chi connectivity index (χ1v) is 9.67. The van der Waals surface area contributed by atoms with Gasteiger partial charge in [-0.05, 0) is 54.4 Å². The van der Waals surface area contributed by atoms with E-state index >= 15 is 0 Å². The molecule has 0 N–H and O–H groups in total. The zero-order chi connectivity index (χ0) is 22.0. The van der Waals surface area contributed by atoms with E-state index in [-0.39, 0.29) is 17.9 Å². The van der Waals surface area contributed by atoms with Crippen LogP contribution in [0.5, 0.6) is 17.2 Å². The Morgan fingerprint density at radius 2 is 1.74 bits per heavy atom. The highest BCUT2D eigenvalue weighted by atomic mass is 19.1. The molecule has 1 heterocycles. The highest BCUT2D eigenvalue weighted by Gasteiger charge is 2.16. The molecule has 0 aliphatic heterocycles. The van der Waals surface area contributed by atoms with Gasteiger partial charge in [0.25, 0.3) is 0 Å². The third-order valence-corrected chi connectivity index (χ3v) is 5.01. The topological polar surface area (TPSA) is 57.9 Å². The van der Waals surface area contributed by atoms with E-state index in [0.29, 0.717) is 50.7 Å². The lowest BCUT2D eigenvalue weighted by molar-refractivity contribution is 0.305. The van der Waals surface area contributed by atoms with Crippen LogP contribution in [0.1, 0.15) is 11.3 Å². The molecule has 0 atom stereocenters. The second-order valence-corrected chi connectivity index (χ2v) is 7.01. The molecule has 0 aliphatic rings. The van der Waals surface area contributed by atoms with Gasteiger partial charge in [-0.2, -0.15) is 0 Å². The summed E-state index contributed by atoms with van der Waals surface area (Å²) in [4.78, 5) is 13.2. The molecule has 0 aliphatic carbocycles. The van der Waals surface area contributed by atoms with Gasteiger partial charge in [0.05, 0.1) is 25.2 Å². The van der Waals surface area contributed by atoms with Gasteiger partial charge in [0.2, 0.25) is 5.43 Å². The Balaban J connectivity index is 1.69. The summed E-state index contributed by atoms with van der Waals surface area (Å²) in [7, 11) is 3.10. The summed E-state index contributed by atoms with van der Waals surface area (Å²) in [5, 5.41) is 0.438. The second-order valence-electron chi connectivity index (χ2n) is 7.01. The van der Waals surface area contributed by atoms with Gasteiger partial charge < -0.3 is 18.6 Å². The standard InChI is InChI=1S/C25H21FO5/c1-15-24(17-7-10-21(28-2)23(12-17)29-3)25(27)20-9-8-19(13-22(20)31-15)30-14-16-5-4-6-18(26)11-16/h4-13H,14H2,1-3H3. The van der Waals surface area contributed by atoms with Crippen molar-refractivity contribution in [3.63, 3.8) is 0 Å². The van der Waals surface area contributed by atoms with Crippen LogP contribution in [0.15, 0.2) is 69.9 Å². The van der Waals surface area contributed by atoms with E-state index in [1.165, 1.54) is 12.1 Å². The SMILES string of the molecule is COc1ccc(-c2c(C)oc3cc(OCc4cccc(F)c4)ccc3c2=O)cc1OC. The summed E-state index contributed by atoms with van der Waals surface area (Å²) in [6.45, 7) is 1.95. The van der Waals surface area contributed by atoms with Gasteiger partial charge in [0, 0.05) is 6.07 Å². The quantitative estimate of drug-likeness (QED) is 0.412. The number of hydrogen-bond acceptors (Lipinski definition) is 5. The molecular formula is C25H21FO5. The third-order valence-electron chi connectivity index (χ3n) is 5.01. The maximum Gasteiger partial charge on any atom is 0.200 e. The molecule has 31 heavy (non-hydrogen) atoms. The molecule has 0 unspecified atom stereocenters. The highest BCUT2D eigenvalue weighted by molar-refractivity contribution is 5.84. The Bertz CT molecular complexity index is 1310. The monoisotopic (exact) mass is 420 g/mol. The fourth-order valence-corrected chi connectivity index (χ4v) is 3.49. The Morgan fingerprint density at radius 3 is 2.48 bits per heavy atom. The first-order chi connectivity index (χ1) is 15.0. The number of halogens is 1. The molecule has 4 rings (SSSR count). The maximum atomic E-state index is 13.3. The molecule has 0 saturated carbocycles. The number of fused-ring (bicyclic) bond motifs is 1. The van der Waals surface area contributed by atoms with Crippen molar-refractivity contribution in [3.8, 4) is 28.4 Å². The van der Waals surface area contributed by atoms with Crippen LogP contribution in [-0.2, 0) is 6.61 Å². The third kappa shape index (κ3) is 4.10. The number of rotatable bonds is 6. The molecular weight excluding hydrogens is 399 g/mol. The van der Waals surface area contributed by atoms with Crippen molar-refractivity contribution in [3.05, 3.63) is 88.0 Å². The Kier molecular flexibility index (Phi) is 5.62. The fraction of sp³-hybridized carbons (Fsp3) is 0.160. The van der Waals surface area contributed by atoms with Crippen molar-refractivity contribution >= 4 is 11.0 Å². The van der Waals surface area contributed by atoms with Gasteiger partial charge >= 0.3 is 0 Å². The number of aryl methyl sites for hydroxylation is 1. The molecule has 4 aromatic rings. The lowest BCUT2D eigenvalue weighted by Gasteiger charge is -2.12. The fourth-order valence-electron chi connectivity index (χ4n) is 3.49. The summed E-state index contributed by atoms with van der Waals surface area (Å²) < 4.78 is 35.7. The summed E-state index contributed by atoms with van der Waals surface area (Å²) in [5.74, 6) is 1.79. The molecule has 0 spiro atoms. The maximum absolute atomic E-state index is 13.3. The van der Waals surface area contributed by atoms with Crippen LogP contribution in [0, 0.1) is 12.7 Å². The van der Waals surface area contributed by atoms with Gasteiger partial charge in [-0.15, -0.1) is 0 Å². The zero-order valence-corrected chi connectivity index (χ0v) is 17.4. The minimum absolute atomic E-state index is 0.150. The van der Waals surface area contributed by atoms with Gasteiger partial charge in [0.15, 0.2) is 11.5 Å². The summed E-state index contributed by atoms with van der Waals surface area (Å²) in [6, 6.07) is 16.5. The van der Waals surface area contributed by atoms with Crippen LogP contribution in [0.25, 0.3) is 22.1 Å². The van der Waals surface area contributed by atoms with E-state index in [1.807, 2.05) is 0 Å². The number of benzene rings is 3. The summed E-state index contributed by atoms with van der Waals surface area (Å²) in [6.07, 6.45) is 0.